The number of sulfonamides is 1. The average molecular weight is 734 g/mol. The Morgan fingerprint density at radius 3 is 2.40 bits per heavy atom. The Bertz CT molecular complexity index is 1960. The Morgan fingerprint density at radius 2 is 1.75 bits per heavy atom. The number of pyridine rings is 1. The SMILES string of the molecule is CCCCCOC(=O)NS(=O)(=O)c1ccccc1-c1ccc(Cn2c(CCC)nc(CC)c2C(=O)C(C)N(C(=O)CCC)c2cccnc2)c(F)c1. The molecule has 52 heavy (non-hydrogen) atoms. The van der Waals surface area contributed by atoms with Gasteiger partial charge in [0.05, 0.1) is 41.7 Å². The van der Waals surface area contributed by atoms with Crippen LogP contribution in [0.15, 0.2) is 71.9 Å². The lowest BCUT2D eigenvalue weighted by atomic mass is 10.0. The van der Waals surface area contributed by atoms with Crippen LogP contribution < -0.4 is 9.62 Å². The Morgan fingerprint density at radius 1 is 0.981 bits per heavy atom. The van der Waals surface area contributed by atoms with E-state index in [4.69, 9.17) is 9.72 Å². The lowest BCUT2D eigenvalue weighted by Gasteiger charge is -2.29. The normalized spacial score (nSPS) is 12.0. The molecule has 2 aromatic carbocycles. The zero-order chi connectivity index (χ0) is 37.8. The largest absolute Gasteiger partial charge is 0.449 e. The minimum Gasteiger partial charge on any atom is -0.449 e. The number of nitrogens with one attached hydrogen (secondary N) is 1. The molecule has 1 N–H and O–H groups in total. The molecule has 1 atom stereocenters. The zero-order valence-corrected chi connectivity index (χ0v) is 31.3. The van der Waals surface area contributed by atoms with Crippen molar-refractivity contribution < 1.29 is 31.9 Å². The Kier molecular flexibility index (Phi) is 14.2. The fraction of sp³-hybridized carbons (Fsp3) is 0.410. The number of ketones is 1. The summed E-state index contributed by atoms with van der Waals surface area (Å²) in [6.07, 6.45) is 6.99. The summed E-state index contributed by atoms with van der Waals surface area (Å²) in [7, 11) is -4.35. The smallest absolute Gasteiger partial charge is 0.421 e. The predicted octanol–water partition coefficient (Wildman–Crippen LogP) is 7.66. The molecule has 0 aliphatic carbocycles. The van der Waals surface area contributed by atoms with Crippen LogP contribution in [0.2, 0.25) is 0 Å². The summed E-state index contributed by atoms with van der Waals surface area (Å²) >= 11 is 0. The predicted molar refractivity (Wildman–Crippen MR) is 198 cm³/mol. The van der Waals surface area contributed by atoms with Gasteiger partial charge in [0.25, 0.3) is 10.0 Å². The number of halogens is 1. The second-order valence-corrected chi connectivity index (χ2v) is 14.2. The Hall–Kier alpha value is -4.91. The number of amides is 2. The number of hydrogen-bond acceptors (Lipinski definition) is 8. The first-order valence-corrected chi connectivity index (χ1v) is 19.4. The lowest BCUT2D eigenvalue weighted by molar-refractivity contribution is -0.118. The highest BCUT2D eigenvalue weighted by Crippen LogP contribution is 2.30. The van der Waals surface area contributed by atoms with Crippen molar-refractivity contribution in [2.24, 2.45) is 0 Å². The van der Waals surface area contributed by atoms with Gasteiger partial charge < -0.3 is 14.2 Å². The van der Waals surface area contributed by atoms with Crippen molar-refractivity contribution in [1.82, 2.24) is 19.3 Å². The highest BCUT2D eigenvalue weighted by molar-refractivity contribution is 7.90. The van der Waals surface area contributed by atoms with E-state index in [0.29, 0.717) is 48.6 Å². The number of ether oxygens (including phenoxy) is 1. The standard InChI is InChI=1S/C39H48FN5O6S/c1-6-10-13-23-51-39(48)43-52(49,50)34-19-12-11-18-31(34)28-20-21-29(32(40)24-28)26-44-35(15-7-2)42-33(9-4)37(44)38(47)27(5)45(36(46)16-8-3)30-17-14-22-41-25-30/h11-12,14,17-22,24-25,27H,6-10,13,15-16,23,26H2,1-5H3,(H,43,48). The minimum absolute atomic E-state index is 0.0244. The maximum Gasteiger partial charge on any atom is 0.421 e. The molecule has 0 saturated carbocycles. The summed E-state index contributed by atoms with van der Waals surface area (Å²) in [5, 5.41) is 0. The van der Waals surface area contributed by atoms with Gasteiger partial charge in [-0.25, -0.2) is 27.3 Å². The van der Waals surface area contributed by atoms with Crippen LogP contribution in [0.3, 0.4) is 0 Å². The van der Waals surface area contributed by atoms with E-state index in [1.807, 2.05) is 32.4 Å². The highest BCUT2D eigenvalue weighted by Gasteiger charge is 2.33. The van der Waals surface area contributed by atoms with Crippen molar-refractivity contribution in [3.05, 3.63) is 95.6 Å². The highest BCUT2D eigenvalue weighted by atomic mass is 32.2. The quantitative estimate of drug-likeness (QED) is 0.0812. The number of aryl methyl sites for hydroxylation is 2. The van der Waals surface area contributed by atoms with Crippen molar-refractivity contribution in [2.75, 3.05) is 11.5 Å². The molecular weight excluding hydrogens is 686 g/mol. The van der Waals surface area contributed by atoms with Crippen molar-refractivity contribution >= 4 is 33.5 Å². The lowest BCUT2D eigenvalue weighted by Crippen LogP contribution is -2.44. The number of rotatable bonds is 18. The summed E-state index contributed by atoms with van der Waals surface area (Å²) in [5.74, 6) is -0.538. The van der Waals surface area contributed by atoms with E-state index in [1.165, 1.54) is 29.2 Å². The van der Waals surface area contributed by atoms with E-state index in [1.54, 1.807) is 54.2 Å². The molecule has 11 nitrogen and oxygen atoms in total. The number of carbonyl (C=O) groups is 3. The second kappa shape index (κ2) is 18.5. The van der Waals surface area contributed by atoms with Gasteiger partial charge in [0.2, 0.25) is 11.7 Å². The van der Waals surface area contributed by atoms with Crippen molar-refractivity contribution in [2.45, 2.75) is 103 Å². The molecular formula is C39H48FN5O6S. The molecule has 278 valence electrons. The molecule has 0 spiro atoms. The van der Waals surface area contributed by atoms with Crippen molar-refractivity contribution in [1.29, 1.82) is 0 Å². The Balaban J connectivity index is 1.69. The molecule has 0 fully saturated rings. The molecule has 0 bridgehead atoms. The van der Waals surface area contributed by atoms with E-state index < -0.39 is 28.0 Å². The minimum atomic E-state index is -4.35. The molecule has 0 aliphatic rings. The first-order chi connectivity index (χ1) is 25.0. The fourth-order valence-electron chi connectivity index (χ4n) is 6.05. The fourth-order valence-corrected chi connectivity index (χ4v) is 7.18. The number of unbranched alkanes of at least 4 members (excludes halogenated alkanes) is 2. The van der Waals surface area contributed by atoms with Crippen molar-refractivity contribution in [3.63, 3.8) is 0 Å². The van der Waals surface area contributed by atoms with E-state index in [-0.39, 0.29) is 52.8 Å². The molecule has 2 aromatic heterocycles. The monoisotopic (exact) mass is 733 g/mol. The molecule has 1 unspecified atom stereocenters. The van der Waals surface area contributed by atoms with E-state index in [9.17, 15) is 22.8 Å². The van der Waals surface area contributed by atoms with Crippen molar-refractivity contribution in [3.8, 4) is 11.1 Å². The molecule has 4 aromatic rings. The maximum atomic E-state index is 16.1. The number of imidazole rings is 1. The molecule has 0 radical (unpaired) electrons. The van der Waals surface area contributed by atoms with Gasteiger partial charge in [-0.15, -0.1) is 0 Å². The summed E-state index contributed by atoms with van der Waals surface area (Å²) in [4.78, 5) is 50.3. The van der Waals surface area contributed by atoms with Gasteiger partial charge in [0, 0.05) is 30.2 Å². The van der Waals surface area contributed by atoms with Crippen LogP contribution >= 0.6 is 0 Å². The number of anilines is 1. The number of benzene rings is 2. The van der Waals surface area contributed by atoms with E-state index in [0.717, 1.165) is 19.3 Å². The third-order valence-electron chi connectivity index (χ3n) is 8.65. The average Bonchev–Trinajstić information content (AvgIpc) is 3.47. The molecule has 0 aliphatic heterocycles. The van der Waals surface area contributed by atoms with Gasteiger partial charge in [-0.3, -0.25) is 14.6 Å². The molecule has 2 heterocycles. The van der Waals surface area contributed by atoms with Crippen LogP contribution in [0.5, 0.6) is 0 Å². The number of carbonyl (C=O) groups excluding carboxylic acids is 3. The molecule has 2 amide bonds. The molecule has 0 saturated heterocycles. The van der Waals surface area contributed by atoms with Crippen LogP contribution in [-0.4, -0.2) is 53.4 Å². The summed E-state index contributed by atoms with van der Waals surface area (Å²) in [6.45, 7) is 9.53. The number of Topliss-reactive ketones (excluding diaryl/α,β-unsaturated/α-hetero) is 1. The van der Waals surface area contributed by atoms with Crippen LogP contribution in [0.25, 0.3) is 11.1 Å². The van der Waals surface area contributed by atoms with Gasteiger partial charge in [-0.2, -0.15) is 0 Å². The van der Waals surface area contributed by atoms with Gasteiger partial charge >= 0.3 is 6.09 Å². The number of hydrogen-bond donors (Lipinski definition) is 1. The van der Waals surface area contributed by atoms with Gasteiger partial charge in [0.15, 0.2) is 0 Å². The van der Waals surface area contributed by atoms with Crippen LogP contribution in [0.4, 0.5) is 14.9 Å². The third kappa shape index (κ3) is 9.49. The summed E-state index contributed by atoms with van der Waals surface area (Å²) < 4.78 is 51.3. The van der Waals surface area contributed by atoms with Crippen LogP contribution in [-0.2, 0) is 38.9 Å². The summed E-state index contributed by atoms with van der Waals surface area (Å²) in [6, 6.07) is 12.9. The first-order valence-electron chi connectivity index (χ1n) is 17.9. The van der Waals surface area contributed by atoms with Crippen LogP contribution in [0.1, 0.15) is 101 Å². The van der Waals surface area contributed by atoms with Gasteiger partial charge in [-0.05, 0) is 62.4 Å². The maximum absolute atomic E-state index is 16.1. The van der Waals surface area contributed by atoms with Gasteiger partial charge in [0.1, 0.15) is 17.3 Å². The second-order valence-electron chi connectivity index (χ2n) is 12.5. The topological polar surface area (TPSA) is 141 Å². The van der Waals surface area contributed by atoms with Crippen LogP contribution in [0, 0.1) is 5.82 Å². The molecule has 4 rings (SSSR count). The number of aromatic nitrogens is 3. The third-order valence-corrected chi connectivity index (χ3v) is 10.0. The summed E-state index contributed by atoms with van der Waals surface area (Å²) in [5.41, 5.74) is 2.09. The van der Waals surface area contributed by atoms with E-state index in [2.05, 4.69) is 4.98 Å². The van der Waals surface area contributed by atoms with E-state index >= 15 is 4.39 Å². The first kappa shape index (κ1) is 39.9. The van der Waals surface area contributed by atoms with Gasteiger partial charge in [-0.1, -0.05) is 70.9 Å². The molecule has 13 heteroatoms. The number of nitrogens with zero attached hydrogens (tertiary/aromatic N) is 4. The Labute approximate surface area is 305 Å². The zero-order valence-electron chi connectivity index (χ0n) is 30.5.